The van der Waals surface area contributed by atoms with Crippen molar-refractivity contribution in [2.45, 2.75) is 18.3 Å². The second-order valence-electron chi connectivity index (χ2n) is 2.35. The van der Waals surface area contributed by atoms with Crippen LogP contribution in [0.2, 0.25) is 0 Å². The summed E-state index contributed by atoms with van der Waals surface area (Å²) in [6.07, 6.45) is -4.67. The van der Waals surface area contributed by atoms with E-state index in [0.717, 1.165) is 0 Å². The first kappa shape index (κ1) is 13.0. The Bertz CT molecular complexity index is 249. The molecule has 0 aliphatic carbocycles. The lowest BCUT2D eigenvalue weighted by molar-refractivity contribution is -0.194. The first-order valence-electron chi connectivity index (χ1n) is 3.24. The van der Waals surface area contributed by atoms with Gasteiger partial charge < -0.3 is 0 Å². The third kappa shape index (κ3) is 2.27. The molecule has 7 heteroatoms. The van der Waals surface area contributed by atoms with Crippen LogP contribution >= 0.6 is 0 Å². The summed E-state index contributed by atoms with van der Waals surface area (Å²) in [6, 6.07) is 0. The van der Waals surface area contributed by atoms with Crippen molar-refractivity contribution < 1.29 is 30.7 Å². The van der Waals surface area contributed by atoms with Crippen LogP contribution in [0.5, 0.6) is 0 Å². The maximum absolute atomic E-state index is 12.4. The van der Waals surface area contributed by atoms with Crippen molar-refractivity contribution in [3.8, 4) is 0 Å². The maximum atomic E-state index is 12.4. The van der Waals surface area contributed by atoms with Crippen molar-refractivity contribution in [1.82, 2.24) is 0 Å². The summed E-state index contributed by atoms with van der Waals surface area (Å²) in [5.41, 5.74) is 0. The van der Waals surface area contributed by atoms with E-state index in [2.05, 4.69) is 6.58 Å². The quantitative estimate of drug-likeness (QED) is 0.499. The van der Waals surface area contributed by atoms with Gasteiger partial charge in [0.15, 0.2) is 0 Å². The van der Waals surface area contributed by atoms with E-state index in [1.54, 1.807) is 0 Å². The zero-order chi connectivity index (χ0) is 11.6. The lowest BCUT2D eigenvalue weighted by Crippen LogP contribution is -2.40. The van der Waals surface area contributed by atoms with Crippen LogP contribution in [0.4, 0.5) is 30.7 Å². The number of halogens is 7. The van der Waals surface area contributed by atoms with Crippen LogP contribution in [0.25, 0.3) is 0 Å². The zero-order valence-electron chi connectivity index (χ0n) is 6.64. The molecule has 0 spiro atoms. The average Bonchev–Trinajstić information content (AvgIpc) is 2.02. The van der Waals surface area contributed by atoms with Crippen molar-refractivity contribution in [3.63, 3.8) is 0 Å². The molecular weight excluding hydrogens is 217 g/mol. The van der Waals surface area contributed by atoms with E-state index in [-0.39, 0.29) is 0 Å². The molecule has 0 heterocycles. The molecule has 0 radical (unpaired) electrons. The predicted molar refractivity (Wildman–Crippen MR) is 35.1 cm³/mol. The summed E-state index contributed by atoms with van der Waals surface area (Å²) >= 11 is 0. The first-order valence-corrected chi connectivity index (χ1v) is 3.24. The SMILES string of the molecule is C=CCC(F)(F)C(F)(F)C(F)=C(F)F. The van der Waals surface area contributed by atoms with E-state index >= 15 is 0 Å². The lowest BCUT2D eigenvalue weighted by atomic mass is 10.1. The molecule has 0 N–H and O–H groups in total. The number of rotatable bonds is 4. The Hall–Kier alpha value is -1.01. The molecule has 0 aromatic carbocycles. The Morgan fingerprint density at radius 1 is 1.07 bits per heavy atom. The van der Waals surface area contributed by atoms with Crippen LogP contribution in [0.1, 0.15) is 6.42 Å². The monoisotopic (exact) mass is 222 g/mol. The summed E-state index contributed by atoms with van der Waals surface area (Å²) in [5, 5.41) is 0. The highest BCUT2D eigenvalue weighted by atomic mass is 19.3. The molecule has 0 atom stereocenters. The largest absolute Gasteiger partial charge is 0.366 e. The third-order valence-corrected chi connectivity index (χ3v) is 1.30. The lowest BCUT2D eigenvalue weighted by Gasteiger charge is -2.23. The Labute approximate surface area is 74.7 Å². The highest BCUT2D eigenvalue weighted by molar-refractivity contribution is 5.11. The number of allylic oxidation sites excluding steroid dienone is 2. The van der Waals surface area contributed by atoms with Gasteiger partial charge in [-0.2, -0.15) is 30.7 Å². The summed E-state index contributed by atoms with van der Waals surface area (Å²) < 4.78 is 84.1. The smallest absolute Gasteiger partial charge is 0.199 e. The van der Waals surface area contributed by atoms with Gasteiger partial charge in [-0.05, 0) is 0 Å². The summed E-state index contributed by atoms with van der Waals surface area (Å²) in [4.78, 5) is 0. The minimum absolute atomic E-state index is 0.386. The van der Waals surface area contributed by atoms with E-state index in [0.29, 0.717) is 6.08 Å². The normalized spacial score (nSPS) is 12.5. The minimum atomic E-state index is -5.51. The van der Waals surface area contributed by atoms with Crippen LogP contribution < -0.4 is 0 Å². The third-order valence-electron chi connectivity index (χ3n) is 1.30. The fourth-order valence-electron chi connectivity index (χ4n) is 0.589. The van der Waals surface area contributed by atoms with Crippen LogP contribution in [0.15, 0.2) is 24.6 Å². The van der Waals surface area contributed by atoms with E-state index in [1.807, 2.05) is 0 Å². The number of hydrogen-bond donors (Lipinski definition) is 0. The van der Waals surface area contributed by atoms with Gasteiger partial charge in [-0.15, -0.1) is 6.58 Å². The van der Waals surface area contributed by atoms with Crippen LogP contribution in [0, 0.1) is 0 Å². The molecule has 0 saturated carbocycles. The molecule has 0 saturated heterocycles. The highest BCUT2D eigenvalue weighted by Gasteiger charge is 2.60. The van der Waals surface area contributed by atoms with E-state index in [9.17, 15) is 30.7 Å². The molecule has 14 heavy (non-hydrogen) atoms. The molecule has 0 nitrogen and oxygen atoms in total. The molecule has 0 rings (SSSR count). The van der Waals surface area contributed by atoms with Crippen molar-refractivity contribution in [3.05, 3.63) is 24.6 Å². The molecule has 0 bridgehead atoms. The van der Waals surface area contributed by atoms with E-state index in [1.165, 1.54) is 0 Å². The Morgan fingerprint density at radius 2 is 1.50 bits per heavy atom. The second-order valence-corrected chi connectivity index (χ2v) is 2.35. The Balaban J connectivity index is 5.13. The molecule has 0 unspecified atom stereocenters. The van der Waals surface area contributed by atoms with Crippen molar-refractivity contribution in [1.29, 1.82) is 0 Å². The number of hydrogen-bond acceptors (Lipinski definition) is 0. The van der Waals surface area contributed by atoms with Gasteiger partial charge in [-0.25, -0.2) is 0 Å². The van der Waals surface area contributed by atoms with Gasteiger partial charge in [0.2, 0.25) is 5.83 Å². The topological polar surface area (TPSA) is 0 Å². The summed E-state index contributed by atoms with van der Waals surface area (Å²) in [7, 11) is 0. The fraction of sp³-hybridized carbons (Fsp3) is 0.429. The van der Waals surface area contributed by atoms with Crippen LogP contribution in [-0.2, 0) is 0 Å². The highest BCUT2D eigenvalue weighted by Crippen LogP contribution is 2.44. The van der Waals surface area contributed by atoms with Gasteiger partial charge in [0.25, 0.3) is 0 Å². The molecule has 0 aromatic heterocycles. The molecular formula is C7H5F7. The Kier molecular flexibility index (Phi) is 3.73. The van der Waals surface area contributed by atoms with Gasteiger partial charge >= 0.3 is 17.9 Å². The molecule has 0 fully saturated rings. The van der Waals surface area contributed by atoms with Gasteiger partial charge in [0, 0.05) is 6.42 Å². The van der Waals surface area contributed by atoms with Crippen LogP contribution in [0.3, 0.4) is 0 Å². The minimum Gasteiger partial charge on any atom is -0.199 e. The predicted octanol–water partition coefficient (Wildman–Crippen LogP) is 3.91. The van der Waals surface area contributed by atoms with Crippen LogP contribution in [-0.4, -0.2) is 11.8 Å². The second kappa shape index (κ2) is 4.02. The van der Waals surface area contributed by atoms with Crippen molar-refractivity contribution >= 4 is 0 Å². The molecule has 0 amide bonds. The summed E-state index contributed by atoms with van der Waals surface area (Å²) in [6.45, 7) is 2.72. The first-order chi connectivity index (χ1) is 6.16. The summed E-state index contributed by atoms with van der Waals surface area (Å²) in [5.74, 6) is -13.8. The standard InChI is InChI=1S/C7H5F7/c1-2-3-6(11,12)7(13,14)4(8)5(9)10/h2H,1,3H2. The molecule has 0 aromatic rings. The van der Waals surface area contributed by atoms with Crippen molar-refractivity contribution in [2.75, 3.05) is 0 Å². The zero-order valence-corrected chi connectivity index (χ0v) is 6.64. The Morgan fingerprint density at radius 3 is 1.79 bits per heavy atom. The number of alkyl halides is 4. The maximum Gasteiger partial charge on any atom is 0.366 e. The van der Waals surface area contributed by atoms with Gasteiger partial charge in [-0.1, -0.05) is 6.08 Å². The average molecular weight is 222 g/mol. The van der Waals surface area contributed by atoms with Gasteiger partial charge in [0.05, 0.1) is 0 Å². The van der Waals surface area contributed by atoms with E-state index < -0.39 is 30.2 Å². The molecule has 0 aliphatic heterocycles. The molecule has 82 valence electrons. The fourth-order valence-corrected chi connectivity index (χ4v) is 0.589. The van der Waals surface area contributed by atoms with Gasteiger partial charge in [-0.3, -0.25) is 0 Å². The van der Waals surface area contributed by atoms with Gasteiger partial charge in [0.1, 0.15) is 0 Å². The van der Waals surface area contributed by atoms with Crippen molar-refractivity contribution in [2.24, 2.45) is 0 Å². The van der Waals surface area contributed by atoms with E-state index in [4.69, 9.17) is 0 Å². The molecule has 0 aliphatic rings.